The Labute approximate surface area is 183 Å². The molecule has 30 heavy (non-hydrogen) atoms. The minimum atomic E-state index is -0.0790. The smallest absolute Gasteiger partial charge is 0.256 e. The lowest BCUT2D eigenvalue weighted by molar-refractivity contribution is 0.0954. The Kier molecular flexibility index (Phi) is 12.9. The van der Waals surface area contributed by atoms with Crippen LogP contribution in [0.15, 0.2) is 24.7 Å². The maximum Gasteiger partial charge on any atom is 0.256 e. The Bertz CT molecular complexity index is 697. The van der Waals surface area contributed by atoms with E-state index >= 15 is 0 Å². The molecule has 0 aliphatic rings. The van der Waals surface area contributed by atoms with E-state index in [4.69, 9.17) is 0 Å². The van der Waals surface area contributed by atoms with Gasteiger partial charge in [-0.1, -0.05) is 103 Å². The number of unbranched alkanes of at least 4 members (excludes halogenated alkanes) is 15. The van der Waals surface area contributed by atoms with Crippen molar-refractivity contribution in [2.45, 2.75) is 110 Å². The Morgan fingerprint density at radius 1 is 0.833 bits per heavy atom. The molecule has 0 bridgehead atoms. The molecule has 2 heterocycles. The Balaban J connectivity index is 1.35. The molecule has 2 aromatic heterocycles. The van der Waals surface area contributed by atoms with E-state index in [1.807, 2.05) is 0 Å². The topological polar surface area (TPSA) is 59.3 Å². The first-order valence-corrected chi connectivity index (χ1v) is 12.4. The second-order valence-corrected chi connectivity index (χ2v) is 8.51. The first kappa shape index (κ1) is 24.4. The number of carbonyl (C=O) groups is 1. The summed E-state index contributed by atoms with van der Waals surface area (Å²) in [5.74, 6) is -0.0790. The van der Waals surface area contributed by atoms with Crippen LogP contribution in [0.25, 0.3) is 5.65 Å². The van der Waals surface area contributed by atoms with E-state index in [-0.39, 0.29) is 5.91 Å². The van der Waals surface area contributed by atoms with Crippen molar-refractivity contribution in [2.24, 2.45) is 0 Å². The molecule has 0 unspecified atom stereocenters. The summed E-state index contributed by atoms with van der Waals surface area (Å²) in [6, 6.07) is 1.80. The van der Waals surface area contributed by atoms with Gasteiger partial charge in [-0.15, -0.1) is 0 Å². The molecule has 2 rings (SSSR count). The summed E-state index contributed by atoms with van der Waals surface area (Å²) < 4.78 is 1.63. The molecule has 2 aromatic rings. The monoisotopic (exact) mass is 414 g/mol. The maximum absolute atomic E-state index is 12.3. The fourth-order valence-corrected chi connectivity index (χ4v) is 3.96. The van der Waals surface area contributed by atoms with Gasteiger partial charge >= 0.3 is 0 Å². The number of carbonyl (C=O) groups excluding carboxylic acids is 1. The van der Waals surface area contributed by atoms with E-state index in [0.717, 1.165) is 13.0 Å². The van der Waals surface area contributed by atoms with Gasteiger partial charge in [0.05, 0.1) is 6.20 Å². The lowest BCUT2D eigenvalue weighted by Gasteiger charge is -2.05. The average molecular weight is 415 g/mol. The summed E-state index contributed by atoms with van der Waals surface area (Å²) in [6.45, 7) is 3.00. The van der Waals surface area contributed by atoms with E-state index in [9.17, 15) is 4.79 Å². The van der Waals surface area contributed by atoms with E-state index in [2.05, 4.69) is 22.3 Å². The van der Waals surface area contributed by atoms with Crippen LogP contribution in [0.2, 0.25) is 0 Å². The van der Waals surface area contributed by atoms with Crippen molar-refractivity contribution >= 4 is 11.6 Å². The predicted molar refractivity (Wildman–Crippen MR) is 125 cm³/mol. The summed E-state index contributed by atoms with van der Waals surface area (Å²) in [7, 11) is 0. The molecule has 0 radical (unpaired) electrons. The Morgan fingerprint density at radius 3 is 1.93 bits per heavy atom. The molecule has 0 aliphatic heterocycles. The van der Waals surface area contributed by atoms with Crippen molar-refractivity contribution in [2.75, 3.05) is 6.54 Å². The third-order valence-corrected chi connectivity index (χ3v) is 5.84. The first-order valence-electron chi connectivity index (χ1n) is 12.4. The van der Waals surface area contributed by atoms with Crippen LogP contribution >= 0.6 is 0 Å². The van der Waals surface area contributed by atoms with Crippen molar-refractivity contribution < 1.29 is 4.79 Å². The second kappa shape index (κ2) is 15.9. The van der Waals surface area contributed by atoms with Gasteiger partial charge in [-0.05, 0) is 12.5 Å². The van der Waals surface area contributed by atoms with Gasteiger partial charge in [0.25, 0.3) is 5.91 Å². The molecule has 0 aliphatic carbocycles. The molecule has 5 heteroatoms. The quantitative estimate of drug-likeness (QED) is 0.275. The third-order valence-electron chi connectivity index (χ3n) is 5.84. The first-order chi connectivity index (χ1) is 14.8. The average Bonchev–Trinajstić information content (AvgIpc) is 3.20. The van der Waals surface area contributed by atoms with Gasteiger partial charge in [-0.25, -0.2) is 9.50 Å². The zero-order valence-electron chi connectivity index (χ0n) is 19.1. The number of hydrogen-bond acceptors (Lipinski definition) is 3. The lowest BCUT2D eigenvalue weighted by Crippen LogP contribution is -2.24. The second-order valence-electron chi connectivity index (χ2n) is 8.51. The standard InChI is InChI=1S/C25H42N4O/c1-2-3-4-5-6-7-8-9-10-11-12-13-14-15-16-17-19-27-25(30)23-22-28-29-21-18-20-26-24(23)29/h18,20-22H,2-17,19H2,1H3,(H,27,30). The van der Waals surface area contributed by atoms with Crippen LogP contribution in [0.4, 0.5) is 0 Å². The zero-order valence-corrected chi connectivity index (χ0v) is 19.1. The van der Waals surface area contributed by atoms with Crippen molar-refractivity contribution in [3.63, 3.8) is 0 Å². The van der Waals surface area contributed by atoms with Crippen LogP contribution in [0.3, 0.4) is 0 Å². The predicted octanol–water partition coefficient (Wildman–Crippen LogP) is 6.72. The van der Waals surface area contributed by atoms with E-state index in [1.54, 1.807) is 29.2 Å². The van der Waals surface area contributed by atoms with Gasteiger partial charge < -0.3 is 5.32 Å². The minimum absolute atomic E-state index is 0.0790. The number of hydrogen-bond donors (Lipinski definition) is 1. The van der Waals surface area contributed by atoms with E-state index in [1.165, 1.54) is 96.3 Å². The Morgan fingerprint density at radius 2 is 1.37 bits per heavy atom. The van der Waals surface area contributed by atoms with Gasteiger partial charge in [0.15, 0.2) is 5.65 Å². The fourth-order valence-electron chi connectivity index (χ4n) is 3.96. The van der Waals surface area contributed by atoms with Crippen LogP contribution in [0.5, 0.6) is 0 Å². The summed E-state index contributed by atoms with van der Waals surface area (Å²) in [5.41, 5.74) is 1.16. The van der Waals surface area contributed by atoms with Gasteiger partial charge in [0, 0.05) is 18.9 Å². The number of nitrogens with one attached hydrogen (secondary N) is 1. The van der Waals surface area contributed by atoms with Crippen LogP contribution in [0.1, 0.15) is 120 Å². The van der Waals surface area contributed by atoms with Crippen molar-refractivity contribution in [3.05, 3.63) is 30.2 Å². The molecule has 0 atom stereocenters. The molecule has 1 amide bonds. The SMILES string of the molecule is CCCCCCCCCCCCCCCCCCNC(=O)c1cnn2cccnc12. The number of nitrogens with zero attached hydrogens (tertiary/aromatic N) is 3. The highest BCUT2D eigenvalue weighted by Crippen LogP contribution is 2.13. The molecule has 1 N–H and O–H groups in total. The van der Waals surface area contributed by atoms with Gasteiger partial charge in [0.1, 0.15) is 5.56 Å². The summed E-state index contributed by atoms with van der Waals surface area (Å²) in [4.78, 5) is 16.5. The van der Waals surface area contributed by atoms with Gasteiger partial charge in [-0.2, -0.15) is 5.10 Å². The molecular weight excluding hydrogens is 372 g/mol. The molecule has 5 nitrogen and oxygen atoms in total. The highest BCUT2D eigenvalue weighted by molar-refractivity contribution is 5.99. The molecule has 0 aromatic carbocycles. The maximum atomic E-state index is 12.3. The Hall–Kier alpha value is -1.91. The van der Waals surface area contributed by atoms with Crippen molar-refractivity contribution in [3.8, 4) is 0 Å². The third kappa shape index (κ3) is 9.73. The molecule has 0 saturated heterocycles. The summed E-state index contributed by atoms with van der Waals surface area (Å²) >= 11 is 0. The van der Waals surface area contributed by atoms with Gasteiger partial charge in [-0.3, -0.25) is 4.79 Å². The molecule has 168 valence electrons. The van der Waals surface area contributed by atoms with Crippen LogP contribution in [-0.4, -0.2) is 27.0 Å². The molecule has 0 saturated carbocycles. The zero-order chi connectivity index (χ0) is 21.3. The largest absolute Gasteiger partial charge is 0.352 e. The van der Waals surface area contributed by atoms with Crippen molar-refractivity contribution in [1.82, 2.24) is 19.9 Å². The van der Waals surface area contributed by atoms with Crippen LogP contribution in [-0.2, 0) is 0 Å². The number of amides is 1. The number of aromatic nitrogens is 3. The van der Waals surface area contributed by atoms with Gasteiger partial charge in [0.2, 0.25) is 0 Å². The minimum Gasteiger partial charge on any atom is -0.352 e. The highest BCUT2D eigenvalue weighted by Gasteiger charge is 2.12. The molecular formula is C25H42N4O. The normalized spacial score (nSPS) is 11.2. The van der Waals surface area contributed by atoms with Crippen molar-refractivity contribution in [1.29, 1.82) is 0 Å². The summed E-state index contributed by atoms with van der Waals surface area (Å²) in [6.07, 6.45) is 26.8. The number of rotatable bonds is 18. The molecule has 0 spiro atoms. The summed E-state index contributed by atoms with van der Waals surface area (Å²) in [5, 5.41) is 7.15. The lowest BCUT2D eigenvalue weighted by atomic mass is 10.0. The van der Waals surface area contributed by atoms with Crippen LogP contribution in [0, 0.1) is 0 Å². The number of fused-ring (bicyclic) bond motifs is 1. The van der Waals surface area contributed by atoms with E-state index < -0.39 is 0 Å². The molecule has 0 fully saturated rings. The highest BCUT2D eigenvalue weighted by atomic mass is 16.1. The van der Waals surface area contributed by atoms with Crippen LogP contribution < -0.4 is 5.32 Å². The fraction of sp³-hybridized carbons (Fsp3) is 0.720. The van der Waals surface area contributed by atoms with E-state index in [0.29, 0.717) is 11.2 Å².